The molecule has 0 spiro atoms. The average molecular weight is 439 g/mol. The minimum atomic E-state index is -3.62. The Balaban J connectivity index is 1.26. The van der Waals surface area contributed by atoms with Crippen LogP contribution in [0.4, 0.5) is 0 Å². The molecule has 166 valence electrons. The minimum Gasteiger partial charge on any atom is -0.360 e. The van der Waals surface area contributed by atoms with Gasteiger partial charge in [-0.2, -0.15) is 4.31 Å². The van der Waals surface area contributed by atoms with Crippen LogP contribution in [0.1, 0.15) is 43.6 Å². The Bertz CT molecular complexity index is 888. The molecule has 2 amide bonds. The number of carbonyl (C=O) groups is 2. The van der Waals surface area contributed by atoms with E-state index in [1.54, 1.807) is 13.8 Å². The van der Waals surface area contributed by atoms with Gasteiger partial charge in [0.15, 0.2) is 5.76 Å². The highest BCUT2D eigenvalue weighted by molar-refractivity contribution is 7.89. The quantitative estimate of drug-likeness (QED) is 0.683. The molecule has 10 heteroatoms. The number of carbonyl (C=O) groups excluding carboxylic acids is 2. The van der Waals surface area contributed by atoms with Gasteiger partial charge >= 0.3 is 0 Å². The van der Waals surface area contributed by atoms with E-state index in [4.69, 9.17) is 4.52 Å². The van der Waals surface area contributed by atoms with E-state index < -0.39 is 10.0 Å². The normalized spacial score (nSPS) is 21.8. The molecule has 1 aromatic rings. The van der Waals surface area contributed by atoms with E-state index in [9.17, 15) is 18.0 Å². The topological polar surface area (TPSA) is 104 Å². The number of aromatic nitrogens is 1. The van der Waals surface area contributed by atoms with Crippen LogP contribution in [-0.4, -0.2) is 78.8 Å². The number of sulfonamides is 1. The first-order chi connectivity index (χ1) is 14.3. The first kappa shape index (κ1) is 21.3. The molecule has 1 aliphatic carbocycles. The molecular formula is C20H30N4O5S. The molecular weight excluding hydrogens is 408 g/mol. The van der Waals surface area contributed by atoms with Gasteiger partial charge in [0.05, 0.1) is 0 Å². The van der Waals surface area contributed by atoms with E-state index >= 15 is 0 Å². The first-order valence-electron chi connectivity index (χ1n) is 10.8. The highest BCUT2D eigenvalue weighted by atomic mass is 32.2. The molecule has 1 aromatic heterocycles. The summed E-state index contributed by atoms with van der Waals surface area (Å²) in [6, 6.07) is 0. The molecule has 0 N–H and O–H groups in total. The van der Waals surface area contributed by atoms with Crippen LogP contribution >= 0.6 is 0 Å². The summed E-state index contributed by atoms with van der Waals surface area (Å²) < 4.78 is 32.3. The summed E-state index contributed by atoms with van der Waals surface area (Å²) in [5.74, 6) is 1.07. The largest absolute Gasteiger partial charge is 0.360 e. The molecule has 3 heterocycles. The second-order valence-electron chi connectivity index (χ2n) is 8.69. The lowest BCUT2D eigenvalue weighted by atomic mass is 9.94. The molecule has 1 saturated carbocycles. The number of hydrogen-bond acceptors (Lipinski definition) is 6. The summed E-state index contributed by atoms with van der Waals surface area (Å²) in [6.07, 6.45) is 3.77. The second-order valence-corrected chi connectivity index (χ2v) is 10.6. The molecule has 9 nitrogen and oxygen atoms in total. The number of amides is 2. The maximum Gasteiger partial charge on any atom is 0.248 e. The average Bonchev–Trinajstić information content (AvgIpc) is 3.52. The number of nitrogens with zero attached hydrogens (tertiary/aromatic N) is 4. The zero-order chi connectivity index (χ0) is 21.5. The van der Waals surface area contributed by atoms with E-state index in [0.717, 1.165) is 12.8 Å². The van der Waals surface area contributed by atoms with Gasteiger partial charge in [-0.05, 0) is 45.4 Å². The van der Waals surface area contributed by atoms with Gasteiger partial charge in [-0.25, -0.2) is 8.42 Å². The highest BCUT2D eigenvalue weighted by Gasteiger charge is 2.37. The minimum absolute atomic E-state index is 0.112. The number of rotatable bonds is 5. The molecule has 0 atom stereocenters. The van der Waals surface area contributed by atoms with Crippen LogP contribution in [0.3, 0.4) is 0 Å². The monoisotopic (exact) mass is 438 g/mol. The fraction of sp³-hybridized carbons (Fsp3) is 0.750. The first-order valence-corrected chi connectivity index (χ1v) is 12.2. The zero-order valence-electron chi connectivity index (χ0n) is 17.7. The molecule has 4 rings (SSSR count). The number of piperidine rings is 1. The van der Waals surface area contributed by atoms with Gasteiger partial charge in [-0.3, -0.25) is 9.59 Å². The number of hydrogen-bond donors (Lipinski definition) is 0. The van der Waals surface area contributed by atoms with Gasteiger partial charge in [0, 0.05) is 51.6 Å². The van der Waals surface area contributed by atoms with Gasteiger partial charge < -0.3 is 14.3 Å². The second kappa shape index (κ2) is 8.30. The Hall–Kier alpha value is -1.94. The van der Waals surface area contributed by atoms with Crippen LogP contribution in [0, 0.1) is 25.7 Å². The molecule has 0 unspecified atom stereocenters. The van der Waals surface area contributed by atoms with Crippen LogP contribution in [0.15, 0.2) is 9.42 Å². The van der Waals surface area contributed by atoms with Crippen LogP contribution < -0.4 is 0 Å². The maximum atomic E-state index is 12.9. The molecule has 0 bridgehead atoms. The molecule has 2 aliphatic heterocycles. The van der Waals surface area contributed by atoms with Crippen molar-refractivity contribution in [1.82, 2.24) is 19.3 Å². The Morgan fingerprint density at radius 2 is 1.57 bits per heavy atom. The van der Waals surface area contributed by atoms with Crippen molar-refractivity contribution >= 4 is 21.8 Å². The van der Waals surface area contributed by atoms with E-state index in [1.165, 1.54) is 4.31 Å². The van der Waals surface area contributed by atoms with Gasteiger partial charge in [-0.15, -0.1) is 0 Å². The van der Waals surface area contributed by atoms with Gasteiger partial charge in [0.25, 0.3) is 0 Å². The standard InChI is InChI=1S/C20H30N4O5S/c1-14-19(15(2)29-21-14)30(27,28)24-7-5-16(6-8-24)13-18(25)22-9-11-23(12-10-22)20(26)17-3-4-17/h16-17H,3-13H2,1-2H3. The van der Waals surface area contributed by atoms with Crippen LogP contribution in [0.2, 0.25) is 0 Å². The van der Waals surface area contributed by atoms with Crippen molar-refractivity contribution in [2.45, 2.75) is 50.8 Å². The lowest BCUT2D eigenvalue weighted by Crippen LogP contribution is -2.51. The molecule has 30 heavy (non-hydrogen) atoms. The fourth-order valence-corrected chi connectivity index (χ4v) is 6.23. The Morgan fingerprint density at radius 3 is 2.10 bits per heavy atom. The summed E-state index contributed by atoms with van der Waals surface area (Å²) in [5.41, 5.74) is 0.379. The van der Waals surface area contributed by atoms with Crippen molar-refractivity contribution in [1.29, 1.82) is 0 Å². The van der Waals surface area contributed by atoms with E-state index in [-0.39, 0.29) is 28.5 Å². The van der Waals surface area contributed by atoms with Gasteiger partial charge in [0.2, 0.25) is 21.8 Å². The molecule has 3 aliphatic rings. The smallest absolute Gasteiger partial charge is 0.248 e. The van der Waals surface area contributed by atoms with Crippen molar-refractivity contribution < 1.29 is 22.5 Å². The van der Waals surface area contributed by atoms with Crippen molar-refractivity contribution in [2.24, 2.45) is 11.8 Å². The molecule has 0 radical (unpaired) electrons. The van der Waals surface area contributed by atoms with Crippen molar-refractivity contribution in [3.63, 3.8) is 0 Å². The van der Waals surface area contributed by atoms with Crippen molar-refractivity contribution in [3.05, 3.63) is 11.5 Å². The predicted molar refractivity (Wildman–Crippen MR) is 108 cm³/mol. The zero-order valence-corrected chi connectivity index (χ0v) is 18.5. The Labute approximate surface area is 177 Å². The van der Waals surface area contributed by atoms with Gasteiger partial charge in [0.1, 0.15) is 10.6 Å². The van der Waals surface area contributed by atoms with E-state index in [0.29, 0.717) is 70.0 Å². The predicted octanol–water partition coefficient (Wildman–Crippen LogP) is 1.16. The Morgan fingerprint density at radius 1 is 0.967 bits per heavy atom. The summed E-state index contributed by atoms with van der Waals surface area (Å²) in [6.45, 7) is 6.46. The molecule has 0 aromatic carbocycles. The molecule has 3 fully saturated rings. The summed E-state index contributed by atoms with van der Waals surface area (Å²) >= 11 is 0. The summed E-state index contributed by atoms with van der Waals surface area (Å²) in [7, 11) is -3.62. The SMILES string of the molecule is Cc1noc(C)c1S(=O)(=O)N1CCC(CC(=O)N2CCN(C(=O)C3CC3)CC2)CC1. The fourth-order valence-electron chi connectivity index (χ4n) is 4.47. The lowest BCUT2D eigenvalue weighted by molar-refractivity contribution is -0.141. The third kappa shape index (κ3) is 4.25. The number of piperazine rings is 1. The van der Waals surface area contributed by atoms with Crippen LogP contribution in [0.25, 0.3) is 0 Å². The third-order valence-electron chi connectivity index (χ3n) is 6.47. The van der Waals surface area contributed by atoms with Crippen molar-refractivity contribution in [3.8, 4) is 0 Å². The third-order valence-corrected chi connectivity index (χ3v) is 8.62. The summed E-state index contributed by atoms with van der Waals surface area (Å²) in [5, 5.41) is 3.76. The van der Waals surface area contributed by atoms with Gasteiger partial charge in [-0.1, -0.05) is 5.16 Å². The van der Waals surface area contributed by atoms with E-state index in [1.807, 2.05) is 9.80 Å². The summed E-state index contributed by atoms with van der Waals surface area (Å²) in [4.78, 5) is 28.8. The number of aryl methyl sites for hydroxylation is 2. The highest BCUT2D eigenvalue weighted by Crippen LogP contribution is 2.32. The lowest BCUT2D eigenvalue weighted by Gasteiger charge is -2.36. The van der Waals surface area contributed by atoms with Crippen LogP contribution in [0.5, 0.6) is 0 Å². The van der Waals surface area contributed by atoms with Crippen molar-refractivity contribution in [2.75, 3.05) is 39.3 Å². The van der Waals surface area contributed by atoms with Crippen LogP contribution in [-0.2, 0) is 19.6 Å². The maximum absolute atomic E-state index is 12.9. The van der Waals surface area contributed by atoms with E-state index in [2.05, 4.69) is 5.16 Å². The molecule has 2 saturated heterocycles. The Kier molecular flexibility index (Phi) is 5.89.